The molecule has 0 radical (unpaired) electrons. The standard InChI is InChI=1S/C4H12N2O2S/c1-4(2)6(5-3)9(7)8/h4-5H,1-3H3,(H,7,8)/p-1. The van der Waals surface area contributed by atoms with Crippen LogP contribution in [0, 0.1) is 0 Å². The fraction of sp³-hybridized carbons (Fsp3) is 1.00. The van der Waals surface area contributed by atoms with Gasteiger partial charge in [0.25, 0.3) is 0 Å². The molecule has 5 heteroatoms. The number of hydrogen-bond donors (Lipinski definition) is 1. The maximum absolute atomic E-state index is 10.2. The maximum atomic E-state index is 10.2. The van der Waals surface area contributed by atoms with E-state index in [0.29, 0.717) is 0 Å². The monoisotopic (exact) mass is 151 g/mol. The lowest BCUT2D eigenvalue weighted by Gasteiger charge is -2.26. The molecule has 1 N–H and O–H groups in total. The second-order valence-corrected chi connectivity index (χ2v) is 2.69. The molecule has 0 aliphatic carbocycles. The Kier molecular flexibility index (Phi) is 3.96. The molecule has 0 saturated heterocycles. The third kappa shape index (κ3) is 2.90. The van der Waals surface area contributed by atoms with Crippen molar-refractivity contribution in [1.82, 2.24) is 9.84 Å². The molecule has 0 spiro atoms. The molecule has 0 amide bonds. The lowest BCUT2D eigenvalue weighted by atomic mass is 10.4. The Balaban J connectivity index is 3.83. The number of nitrogens with one attached hydrogen (secondary N) is 1. The third-order valence-electron chi connectivity index (χ3n) is 0.850. The van der Waals surface area contributed by atoms with Crippen LogP contribution in [0.15, 0.2) is 0 Å². The van der Waals surface area contributed by atoms with E-state index in [1.807, 2.05) is 0 Å². The van der Waals surface area contributed by atoms with E-state index in [-0.39, 0.29) is 6.04 Å². The highest BCUT2D eigenvalue weighted by atomic mass is 32.2. The van der Waals surface area contributed by atoms with E-state index < -0.39 is 11.3 Å². The number of rotatable bonds is 3. The van der Waals surface area contributed by atoms with Crippen molar-refractivity contribution >= 4 is 11.3 Å². The molecule has 56 valence electrons. The third-order valence-corrected chi connectivity index (χ3v) is 1.78. The van der Waals surface area contributed by atoms with Crippen LogP contribution >= 0.6 is 0 Å². The van der Waals surface area contributed by atoms with Crippen molar-refractivity contribution in [2.75, 3.05) is 7.05 Å². The summed E-state index contributed by atoms with van der Waals surface area (Å²) in [5.41, 5.74) is 2.52. The van der Waals surface area contributed by atoms with Crippen LogP contribution in [-0.2, 0) is 11.3 Å². The van der Waals surface area contributed by atoms with Gasteiger partial charge in [-0.2, -0.15) is 4.41 Å². The predicted octanol–water partition coefficient (Wildman–Crippen LogP) is -0.375. The molecule has 0 aromatic carbocycles. The minimum absolute atomic E-state index is 0.0340. The van der Waals surface area contributed by atoms with Gasteiger partial charge in [-0.1, -0.05) is 0 Å². The van der Waals surface area contributed by atoms with E-state index >= 15 is 0 Å². The number of hydrazine groups is 1. The first-order chi connectivity index (χ1) is 4.09. The first-order valence-electron chi connectivity index (χ1n) is 2.65. The first kappa shape index (κ1) is 9.03. The number of nitrogens with zero attached hydrogens (tertiary/aromatic N) is 1. The number of hydrogen-bond acceptors (Lipinski definition) is 3. The summed E-state index contributed by atoms with van der Waals surface area (Å²) in [5.74, 6) is 0. The van der Waals surface area contributed by atoms with Crippen LogP contribution in [0.3, 0.4) is 0 Å². The summed E-state index contributed by atoms with van der Waals surface area (Å²) in [5, 5.41) is 0. The normalized spacial score (nSPS) is 14.9. The molecular formula is C4H11N2O2S-. The molecule has 0 fully saturated rings. The van der Waals surface area contributed by atoms with Crippen molar-refractivity contribution in [3.63, 3.8) is 0 Å². The summed E-state index contributed by atoms with van der Waals surface area (Å²) in [6.07, 6.45) is 0. The molecule has 0 heterocycles. The van der Waals surface area contributed by atoms with E-state index in [4.69, 9.17) is 0 Å². The Bertz CT molecular complexity index is 107. The highest BCUT2D eigenvalue weighted by Crippen LogP contribution is 1.93. The Hall–Kier alpha value is 0.0300. The van der Waals surface area contributed by atoms with E-state index in [9.17, 15) is 8.76 Å². The van der Waals surface area contributed by atoms with E-state index in [1.165, 1.54) is 0 Å². The largest absolute Gasteiger partial charge is 0.759 e. The minimum Gasteiger partial charge on any atom is -0.759 e. The fourth-order valence-electron chi connectivity index (χ4n) is 0.505. The summed E-state index contributed by atoms with van der Waals surface area (Å²) in [7, 11) is 1.57. The lowest BCUT2D eigenvalue weighted by Crippen LogP contribution is -2.41. The van der Waals surface area contributed by atoms with Gasteiger partial charge in [0.05, 0.1) is 0 Å². The molecule has 0 aliphatic rings. The SMILES string of the molecule is CNN(C(C)C)S(=O)[O-]. The summed E-state index contributed by atoms with van der Waals surface area (Å²) in [4.78, 5) is 0. The molecule has 0 aliphatic heterocycles. The Morgan fingerprint density at radius 3 is 2.11 bits per heavy atom. The zero-order chi connectivity index (χ0) is 7.44. The van der Waals surface area contributed by atoms with E-state index in [2.05, 4.69) is 5.43 Å². The van der Waals surface area contributed by atoms with Crippen molar-refractivity contribution in [2.45, 2.75) is 19.9 Å². The molecule has 1 atom stereocenters. The van der Waals surface area contributed by atoms with Crippen molar-refractivity contribution in [3.8, 4) is 0 Å². The molecule has 0 aromatic heterocycles. The van der Waals surface area contributed by atoms with Crippen molar-refractivity contribution in [1.29, 1.82) is 0 Å². The van der Waals surface area contributed by atoms with Gasteiger partial charge < -0.3 is 4.55 Å². The summed E-state index contributed by atoms with van der Waals surface area (Å²) < 4.78 is 21.6. The molecule has 0 saturated carbocycles. The van der Waals surface area contributed by atoms with Crippen LogP contribution in [0.25, 0.3) is 0 Å². The molecule has 0 bridgehead atoms. The van der Waals surface area contributed by atoms with Gasteiger partial charge in [0.2, 0.25) is 0 Å². The smallest absolute Gasteiger partial charge is 0.0355 e. The van der Waals surface area contributed by atoms with Crippen LogP contribution in [0.4, 0.5) is 0 Å². The minimum atomic E-state index is -2.16. The fourth-order valence-corrected chi connectivity index (χ4v) is 0.998. The molecule has 0 aromatic rings. The zero-order valence-electron chi connectivity index (χ0n) is 5.75. The van der Waals surface area contributed by atoms with Crippen LogP contribution in [0.2, 0.25) is 0 Å². The molecule has 9 heavy (non-hydrogen) atoms. The van der Waals surface area contributed by atoms with Crippen LogP contribution < -0.4 is 5.43 Å². The average Bonchev–Trinajstić information content (AvgIpc) is 1.64. The Morgan fingerprint density at radius 2 is 2.11 bits per heavy atom. The summed E-state index contributed by atoms with van der Waals surface area (Å²) in [6, 6.07) is -0.0340. The van der Waals surface area contributed by atoms with Crippen LogP contribution in [0.5, 0.6) is 0 Å². The molecular weight excluding hydrogens is 140 g/mol. The lowest BCUT2D eigenvalue weighted by molar-refractivity contribution is 0.280. The quantitative estimate of drug-likeness (QED) is 0.442. The summed E-state index contributed by atoms with van der Waals surface area (Å²) in [6.45, 7) is 3.57. The van der Waals surface area contributed by atoms with Crippen LogP contribution in [-0.4, -0.2) is 26.3 Å². The van der Waals surface area contributed by atoms with Crippen molar-refractivity contribution in [3.05, 3.63) is 0 Å². The van der Waals surface area contributed by atoms with Gasteiger partial charge in [-0.05, 0) is 20.9 Å². The van der Waals surface area contributed by atoms with Gasteiger partial charge >= 0.3 is 0 Å². The van der Waals surface area contributed by atoms with Gasteiger partial charge in [0.1, 0.15) is 0 Å². The molecule has 0 rings (SSSR count). The highest BCUT2D eigenvalue weighted by Gasteiger charge is 2.04. The molecule has 4 nitrogen and oxygen atoms in total. The summed E-state index contributed by atoms with van der Waals surface area (Å²) >= 11 is -2.16. The van der Waals surface area contributed by atoms with Crippen LogP contribution in [0.1, 0.15) is 13.8 Å². The van der Waals surface area contributed by atoms with Gasteiger partial charge in [-0.15, -0.1) is 0 Å². The van der Waals surface area contributed by atoms with Gasteiger partial charge in [-0.3, -0.25) is 4.21 Å². The van der Waals surface area contributed by atoms with Crippen molar-refractivity contribution in [2.24, 2.45) is 0 Å². The zero-order valence-corrected chi connectivity index (χ0v) is 6.57. The predicted molar refractivity (Wildman–Crippen MR) is 35.0 cm³/mol. The van der Waals surface area contributed by atoms with E-state index in [1.54, 1.807) is 20.9 Å². The second-order valence-electron chi connectivity index (χ2n) is 1.86. The van der Waals surface area contributed by atoms with Crippen molar-refractivity contribution < 1.29 is 8.76 Å². The molecule has 1 unspecified atom stereocenters. The Morgan fingerprint density at radius 1 is 1.67 bits per heavy atom. The average molecular weight is 151 g/mol. The highest BCUT2D eigenvalue weighted by molar-refractivity contribution is 7.76. The van der Waals surface area contributed by atoms with E-state index in [0.717, 1.165) is 4.41 Å². The van der Waals surface area contributed by atoms with Gasteiger partial charge in [0.15, 0.2) is 0 Å². The van der Waals surface area contributed by atoms with Gasteiger partial charge in [0, 0.05) is 17.3 Å². The first-order valence-corrected chi connectivity index (χ1v) is 3.68. The Labute approximate surface area is 57.6 Å². The topological polar surface area (TPSA) is 55.4 Å². The van der Waals surface area contributed by atoms with Gasteiger partial charge in [-0.25, -0.2) is 5.43 Å². The second kappa shape index (κ2) is 3.94. The maximum Gasteiger partial charge on any atom is 0.0355 e.